The summed E-state index contributed by atoms with van der Waals surface area (Å²) in [5.74, 6) is 0.0191. The van der Waals surface area contributed by atoms with Gasteiger partial charge in [-0.15, -0.1) is 0 Å². The number of hydrogen-bond acceptors (Lipinski definition) is 8. The van der Waals surface area contributed by atoms with Crippen LogP contribution >= 0.6 is 0 Å². The molecule has 0 aliphatic heterocycles. The summed E-state index contributed by atoms with van der Waals surface area (Å²) in [6, 6.07) is 16.4. The maximum Gasteiger partial charge on any atom is 0.420 e. The Morgan fingerprint density at radius 1 is 0.620 bits per heavy atom. The summed E-state index contributed by atoms with van der Waals surface area (Å²) >= 11 is 0. The van der Waals surface area contributed by atoms with Gasteiger partial charge in [0.2, 0.25) is 12.6 Å². The maximum absolute atomic E-state index is 13.5. The predicted octanol–water partition coefficient (Wildman–Crippen LogP) is 9.03. The summed E-state index contributed by atoms with van der Waals surface area (Å²) in [6.45, 7) is 18.4. The molecule has 8 heteroatoms. The van der Waals surface area contributed by atoms with Crippen LogP contribution in [0.25, 0.3) is 0 Å². The number of hydrogen-bond donors (Lipinski definition) is 2. The minimum Gasteiger partial charge on any atom is -0.454 e. The molecule has 4 rings (SSSR count). The number of benzene rings is 2. The molecule has 278 valence electrons. The van der Waals surface area contributed by atoms with Gasteiger partial charge in [-0.25, -0.2) is 9.59 Å². The lowest BCUT2D eigenvalue weighted by atomic mass is 9.88. The zero-order valence-electron chi connectivity index (χ0n) is 32.0. The van der Waals surface area contributed by atoms with Crippen molar-refractivity contribution in [2.75, 3.05) is 13.1 Å². The van der Waals surface area contributed by atoms with Crippen molar-refractivity contribution < 1.29 is 28.5 Å². The van der Waals surface area contributed by atoms with E-state index in [1.54, 1.807) is 0 Å². The van der Waals surface area contributed by atoms with Crippen LogP contribution in [-0.4, -0.2) is 49.7 Å². The molecule has 2 aromatic carbocycles. The number of nitrogens with one attached hydrogen (secondary N) is 2. The second-order valence-electron chi connectivity index (χ2n) is 16.6. The zero-order chi connectivity index (χ0) is 36.3. The standard InChI is InChI=1S/C42H64N2O6/c1-29(41(3,4)5)43-27-25-37(47-35-23-15-13-21-33(35)31-17-9-10-18-31)49-39(45)40(46)50-38(26-28-44-30(2)42(6,7)8)48-36-24-16-14-22-34(36)32-19-11-12-20-32/h13-16,21-24,29-32,37-38,43-44H,9-12,17-20,25-28H2,1-8H3. The third kappa shape index (κ3) is 12.0. The lowest BCUT2D eigenvalue weighted by Crippen LogP contribution is -2.41. The molecule has 2 N–H and O–H groups in total. The number of carbonyl (C=O) groups is 2. The van der Waals surface area contributed by atoms with E-state index in [9.17, 15) is 9.59 Å². The fourth-order valence-corrected chi connectivity index (χ4v) is 6.67. The summed E-state index contributed by atoms with van der Waals surface area (Å²) in [7, 11) is 0. The Bertz CT molecular complexity index is 1250. The summed E-state index contributed by atoms with van der Waals surface area (Å²) < 4.78 is 24.4. The van der Waals surface area contributed by atoms with Gasteiger partial charge in [-0.3, -0.25) is 0 Å². The molecular formula is C42H64N2O6. The fourth-order valence-electron chi connectivity index (χ4n) is 6.67. The molecule has 0 aromatic heterocycles. The van der Waals surface area contributed by atoms with Crippen molar-refractivity contribution in [2.24, 2.45) is 10.8 Å². The first kappa shape index (κ1) is 39.7. The zero-order valence-corrected chi connectivity index (χ0v) is 32.0. The van der Waals surface area contributed by atoms with E-state index < -0.39 is 24.5 Å². The molecule has 2 aliphatic rings. The first-order valence-corrected chi connectivity index (χ1v) is 19.1. The molecule has 50 heavy (non-hydrogen) atoms. The third-order valence-electron chi connectivity index (χ3n) is 10.8. The number of ether oxygens (including phenoxy) is 4. The van der Waals surface area contributed by atoms with Gasteiger partial charge >= 0.3 is 11.9 Å². The van der Waals surface area contributed by atoms with Crippen LogP contribution in [0.1, 0.15) is 143 Å². The monoisotopic (exact) mass is 692 g/mol. The second-order valence-corrected chi connectivity index (χ2v) is 16.6. The molecule has 0 radical (unpaired) electrons. The third-order valence-corrected chi connectivity index (χ3v) is 10.8. The van der Waals surface area contributed by atoms with Gasteiger partial charge in [0.05, 0.1) is 0 Å². The molecule has 8 nitrogen and oxygen atoms in total. The van der Waals surface area contributed by atoms with Crippen LogP contribution in [0.4, 0.5) is 0 Å². The minimum atomic E-state index is -1.09. The fraction of sp³-hybridized carbons (Fsp3) is 0.667. The molecule has 2 aromatic rings. The highest BCUT2D eigenvalue weighted by atomic mass is 16.7. The van der Waals surface area contributed by atoms with Crippen molar-refractivity contribution in [3.8, 4) is 11.5 Å². The normalized spacial score (nSPS) is 18.3. The van der Waals surface area contributed by atoms with Crippen molar-refractivity contribution in [1.29, 1.82) is 0 Å². The second kappa shape index (κ2) is 18.4. The molecule has 2 fully saturated rings. The molecule has 4 unspecified atom stereocenters. The molecule has 2 saturated carbocycles. The van der Waals surface area contributed by atoms with E-state index >= 15 is 0 Å². The Morgan fingerprint density at radius 3 is 1.30 bits per heavy atom. The van der Waals surface area contributed by atoms with Crippen molar-refractivity contribution in [3.63, 3.8) is 0 Å². The predicted molar refractivity (Wildman–Crippen MR) is 199 cm³/mol. The highest BCUT2D eigenvalue weighted by Crippen LogP contribution is 2.40. The van der Waals surface area contributed by atoms with Gasteiger partial charge < -0.3 is 29.6 Å². The summed E-state index contributed by atoms with van der Waals surface area (Å²) in [5.41, 5.74) is 2.35. The highest BCUT2D eigenvalue weighted by molar-refractivity contribution is 6.29. The number of esters is 2. The minimum absolute atomic E-state index is 0.0524. The number of para-hydroxylation sites is 2. The number of carbonyl (C=O) groups excluding carboxylic acids is 2. The lowest BCUT2D eigenvalue weighted by molar-refractivity contribution is -0.190. The molecule has 4 atom stereocenters. The van der Waals surface area contributed by atoms with Gasteiger partial charge in [-0.05, 0) is 85.5 Å². The van der Waals surface area contributed by atoms with E-state index in [2.05, 4.69) is 78.2 Å². The summed E-state index contributed by atoms with van der Waals surface area (Å²) in [6.07, 6.45) is 7.97. The van der Waals surface area contributed by atoms with Gasteiger partial charge in [-0.2, -0.15) is 0 Å². The van der Waals surface area contributed by atoms with Crippen molar-refractivity contribution in [3.05, 3.63) is 59.7 Å². The summed E-state index contributed by atoms with van der Waals surface area (Å²) in [5, 5.41) is 7.05. The molecule has 2 aliphatic carbocycles. The SMILES string of the molecule is CC(NCCC(OC(=O)C(=O)OC(CCNC(C)C(C)(C)C)Oc1ccccc1C1CCCC1)Oc1ccccc1C1CCCC1)C(C)(C)C. The van der Waals surface area contributed by atoms with Gasteiger partial charge in [0.15, 0.2) is 0 Å². The molecule has 0 saturated heterocycles. The molecule has 0 bridgehead atoms. The number of rotatable bonds is 16. The lowest BCUT2D eigenvalue weighted by Gasteiger charge is -2.29. The van der Waals surface area contributed by atoms with E-state index in [1.807, 2.05) is 36.4 Å². The highest BCUT2D eigenvalue weighted by Gasteiger charge is 2.31. The quantitative estimate of drug-likeness (QED) is 0.102. The first-order valence-electron chi connectivity index (χ1n) is 19.1. The Labute approximate surface area is 301 Å². The molecular weight excluding hydrogens is 628 g/mol. The van der Waals surface area contributed by atoms with Crippen LogP contribution in [0, 0.1) is 10.8 Å². The van der Waals surface area contributed by atoms with Gasteiger partial charge in [-0.1, -0.05) is 104 Å². The Balaban J connectivity index is 1.48. The van der Waals surface area contributed by atoms with E-state index in [0.717, 1.165) is 36.8 Å². The first-order chi connectivity index (χ1) is 23.7. The molecule has 0 heterocycles. The Kier molecular flexibility index (Phi) is 14.6. The van der Waals surface area contributed by atoms with E-state index in [-0.39, 0.29) is 22.9 Å². The largest absolute Gasteiger partial charge is 0.454 e. The van der Waals surface area contributed by atoms with Crippen molar-refractivity contribution in [2.45, 2.75) is 156 Å². The Hall–Kier alpha value is -3.10. The summed E-state index contributed by atoms with van der Waals surface area (Å²) in [4.78, 5) is 26.9. The van der Waals surface area contributed by atoms with Crippen LogP contribution in [0.5, 0.6) is 11.5 Å². The van der Waals surface area contributed by atoms with E-state index in [4.69, 9.17) is 18.9 Å². The average molecular weight is 693 g/mol. The van der Waals surface area contributed by atoms with Crippen LogP contribution in [0.2, 0.25) is 0 Å². The molecule has 0 spiro atoms. The van der Waals surface area contributed by atoms with Crippen molar-refractivity contribution in [1.82, 2.24) is 10.6 Å². The Morgan fingerprint density at radius 2 is 0.960 bits per heavy atom. The van der Waals surface area contributed by atoms with Crippen molar-refractivity contribution >= 4 is 11.9 Å². The van der Waals surface area contributed by atoms with Crippen LogP contribution in [-0.2, 0) is 19.1 Å². The van der Waals surface area contributed by atoms with Gasteiger partial charge in [0.25, 0.3) is 0 Å². The average Bonchev–Trinajstić information content (AvgIpc) is 3.80. The topological polar surface area (TPSA) is 95.1 Å². The van der Waals surface area contributed by atoms with E-state index in [0.29, 0.717) is 49.3 Å². The van der Waals surface area contributed by atoms with Gasteiger partial charge in [0, 0.05) is 38.0 Å². The molecule has 0 amide bonds. The van der Waals surface area contributed by atoms with Crippen LogP contribution in [0.3, 0.4) is 0 Å². The van der Waals surface area contributed by atoms with Crippen LogP contribution in [0.15, 0.2) is 48.5 Å². The maximum atomic E-state index is 13.5. The smallest absolute Gasteiger partial charge is 0.420 e. The van der Waals surface area contributed by atoms with E-state index in [1.165, 1.54) is 25.7 Å². The van der Waals surface area contributed by atoms with Gasteiger partial charge in [0.1, 0.15) is 11.5 Å². The van der Waals surface area contributed by atoms with Crippen LogP contribution < -0.4 is 20.1 Å².